The van der Waals surface area contributed by atoms with Crippen LogP contribution in [0.5, 0.6) is 0 Å². The maximum absolute atomic E-state index is 12.2. The second-order valence-electron chi connectivity index (χ2n) is 9.55. The third kappa shape index (κ3) is 5.50. The van der Waals surface area contributed by atoms with Crippen LogP contribution in [0.15, 0.2) is 16.7 Å². The van der Waals surface area contributed by atoms with Crippen LogP contribution in [0.25, 0.3) is 11.0 Å². The zero-order valence-electron chi connectivity index (χ0n) is 18.7. The van der Waals surface area contributed by atoms with Crippen molar-refractivity contribution < 1.29 is 14.1 Å². The molecule has 0 aliphatic carbocycles. The van der Waals surface area contributed by atoms with E-state index in [1.165, 1.54) is 11.1 Å². The van der Waals surface area contributed by atoms with Crippen molar-refractivity contribution >= 4 is 17.1 Å². The van der Waals surface area contributed by atoms with E-state index in [4.69, 9.17) is 9.26 Å². The van der Waals surface area contributed by atoms with Crippen LogP contribution in [0.1, 0.15) is 56.9 Å². The summed E-state index contributed by atoms with van der Waals surface area (Å²) in [6, 6.07) is 4.31. The summed E-state index contributed by atoms with van der Waals surface area (Å²) in [5.74, 6) is 0.604. The fourth-order valence-corrected chi connectivity index (χ4v) is 3.97. The lowest BCUT2D eigenvalue weighted by atomic mass is 9.91. The van der Waals surface area contributed by atoms with Gasteiger partial charge in [-0.05, 0) is 85.0 Å². The van der Waals surface area contributed by atoms with E-state index in [1.807, 2.05) is 25.7 Å². The van der Waals surface area contributed by atoms with Crippen LogP contribution >= 0.6 is 0 Å². The molecule has 0 spiro atoms. The highest BCUT2D eigenvalue weighted by Gasteiger charge is 2.27. The predicted octanol–water partition coefficient (Wildman–Crippen LogP) is 4.78. The fourth-order valence-electron chi connectivity index (χ4n) is 3.97. The molecular formula is C23H35N3O3. The van der Waals surface area contributed by atoms with Crippen LogP contribution in [0.4, 0.5) is 4.79 Å². The minimum absolute atomic E-state index is 0.192. The summed E-state index contributed by atoms with van der Waals surface area (Å²) in [6.07, 6.45) is 3.82. The highest BCUT2D eigenvalue weighted by Crippen LogP contribution is 2.29. The van der Waals surface area contributed by atoms with Crippen molar-refractivity contribution in [2.45, 2.75) is 65.5 Å². The van der Waals surface area contributed by atoms with Gasteiger partial charge in [0.25, 0.3) is 0 Å². The lowest BCUT2D eigenvalue weighted by molar-refractivity contribution is 0.0181. The molecule has 6 nitrogen and oxygen atoms in total. The van der Waals surface area contributed by atoms with E-state index in [9.17, 15) is 4.79 Å². The van der Waals surface area contributed by atoms with Gasteiger partial charge in [-0.2, -0.15) is 0 Å². The Balaban J connectivity index is 1.58. The number of nitrogens with zero attached hydrogens (tertiary/aromatic N) is 3. The first-order chi connectivity index (χ1) is 13.6. The van der Waals surface area contributed by atoms with Crippen LogP contribution in [-0.4, -0.2) is 53.8 Å². The molecule has 2 aromatic rings. The number of fused-ring (bicyclic) bond motifs is 1. The van der Waals surface area contributed by atoms with E-state index in [0.717, 1.165) is 62.0 Å². The minimum Gasteiger partial charge on any atom is -0.444 e. The van der Waals surface area contributed by atoms with Gasteiger partial charge in [-0.1, -0.05) is 11.2 Å². The smallest absolute Gasteiger partial charge is 0.410 e. The van der Waals surface area contributed by atoms with Crippen molar-refractivity contribution in [3.05, 3.63) is 29.0 Å². The Labute approximate surface area is 174 Å². The van der Waals surface area contributed by atoms with Gasteiger partial charge in [0.15, 0.2) is 5.58 Å². The van der Waals surface area contributed by atoms with Gasteiger partial charge < -0.3 is 19.1 Å². The standard InChI is InChI=1S/C23H35N3O3/c1-16-7-9-18-20(24-29-21(18)19(16)15-25(5)6)10-8-17-11-13-26(14-12-17)22(27)28-23(2,3)4/h7,9,17H,8,10-15H2,1-6H3. The highest BCUT2D eigenvalue weighted by molar-refractivity contribution is 5.83. The van der Waals surface area contributed by atoms with E-state index in [-0.39, 0.29) is 6.09 Å². The number of ether oxygens (including phenoxy) is 1. The zero-order valence-corrected chi connectivity index (χ0v) is 18.7. The third-order valence-corrected chi connectivity index (χ3v) is 5.58. The summed E-state index contributed by atoms with van der Waals surface area (Å²) in [4.78, 5) is 16.2. The maximum atomic E-state index is 12.2. The summed E-state index contributed by atoms with van der Waals surface area (Å²) >= 11 is 0. The minimum atomic E-state index is -0.439. The molecule has 1 aromatic heterocycles. The number of aromatic nitrogens is 1. The number of likely N-dealkylation sites (tertiary alicyclic amines) is 1. The van der Waals surface area contributed by atoms with Gasteiger partial charge in [-0.15, -0.1) is 0 Å². The quantitative estimate of drug-likeness (QED) is 0.722. The Morgan fingerprint density at radius 2 is 1.97 bits per heavy atom. The number of hydrogen-bond acceptors (Lipinski definition) is 5. The highest BCUT2D eigenvalue weighted by atomic mass is 16.6. The van der Waals surface area contributed by atoms with Gasteiger partial charge in [0.05, 0.1) is 5.69 Å². The molecule has 160 valence electrons. The van der Waals surface area contributed by atoms with Crippen molar-refractivity contribution in [3.8, 4) is 0 Å². The number of amides is 1. The Kier molecular flexibility index (Phi) is 6.52. The van der Waals surface area contributed by atoms with Crippen molar-refractivity contribution in [1.82, 2.24) is 15.0 Å². The zero-order chi connectivity index (χ0) is 21.2. The number of carbonyl (C=O) groups excluding carboxylic acids is 1. The van der Waals surface area contributed by atoms with Gasteiger partial charge in [0.2, 0.25) is 0 Å². The summed E-state index contributed by atoms with van der Waals surface area (Å²) in [7, 11) is 4.14. The number of benzene rings is 1. The molecule has 2 heterocycles. The molecule has 3 rings (SSSR count). The Morgan fingerprint density at radius 1 is 1.28 bits per heavy atom. The molecule has 1 saturated heterocycles. The molecule has 29 heavy (non-hydrogen) atoms. The lowest BCUT2D eigenvalue weighted by Gasteiger charge is -2.33. The van der Waals surface area contributed by atoms with Crippen LogP contribution in [0.3, 0.4) is 0 Å². The first kappa shape index (κ1) is 21.6. The van der Waals surface area contributed by atoms with Crippen LogP contribution in [0, 0.1) is 12.8 Å². The van der Waals surface area contributed by atoms with Gasteiger partial charge in [-0.25, -0.2) is 4.79 Å². The topological polar surface area (TPSA) is 58.8 Å². The van der Waals surface area contributed by atoms with E-state index < -0.39 is 5.60 Å². The molecular weight excluding hydrogens is 366 g/mol. The van der Waals surface area contributed by atoms with Crippen molar-refractivity contribution in [2.75, 3.05) is 27.2 Å². The Bertz CT molecular complexity index is 843. The number of piperidine rings is 1. The molecule has 1 fully saturated rings. The molecule has 1 amide bonds. The number of aryl methyl sites for hydroxylation is 2. The molecule has 1 aliphatic rings. The molecule has 1 aliphatic heterocycles. The van der Waals surface area contributed by atoms with Crippen molar-refractivity contribution in [1.29, 1.82) is 0 Å². The molecule has 1 aromatic carbocycles. The molecule has 6 heteroatoms. The molecule has 0 atom stereocenters. The Morgan fingerprint density at radius 3 is 2.59 bits per heavy atom. The summed E-state index contributed by atoms with van der Waals surface area (Å²) in [5.41, 5.74) is 3.99. The maximum Gasteiger partial charge on any atom is 0.410 e. The molecule has 0 bridgehead atoms. The lowest BCUT2D eigenvalue weighted by Crippen LogP contribution is -2.41. The largest absolute Gasteiger partial charge is 0.444 e. The first-order valence-electron chi connectivity index (χ1n) is 10.6. The monoisotopic (exact) mass is 401 g/mol. The van der Waals surface area contributed by atoms with E-state index in [0.29, 0.717) is 5.92 Å². The number of rotatable bonds is 5. The second-order valence-corrected chi connectivity index (χ2v) is 9.55. The van der Waals surface area contributed by atoms with Gasteiger partial charge in [-0.3, -0.25) is 0 Å². The second kappa shape index (κ2) is 8.74. The Hall–Kier alpha value is -2.08. The predicted molar refractivity (Wildman–Crippen MR) is 115 cm³/mol. The summed E-state index contributed by atoms with van der Waals surface area (Å²) in [5, 5.41) is 5.53. The van der Waals surface area contributed by atoms with Crippen LogP contribution in [-0.2, 0) is 17.7 Å². The summed E-state index contributed by atoms with van der Waals surface area (Å²) in [6.45, 7) is 10.2. The van der Waals surface area contributed by atoms with Crippen molar-refractivity contribution in [3.63, 3.8) is 0 Å². The summed E-state index contributed by atoms with van der Waals surface area (Å²) < 4.78 is 11.2. The average Bonchev–Trinajstić information content (AvgIpc) is 3.04. The van der Waals surface area contributed by atoms with Crippen LogP contribution < -0.4 is 0 Å². The fraction of sp³-hybridized carbons (Fsp3) is 0.652. The normalized spacial score (nSPS) is 16.0. The van der Waals surface area contributed by atoms with Crippen molar-refractivity contribution in [2.24, 2.45) is 5.92 Å². The average molecular weight is 402 g/mol. The SMILES string of the molecule is Cc1ccc2c(CCC3CCN(C(=O)OC(C)(C)C)CC3)noc2c1CN(C)C. The molecule has 0 unspecified atom stereocenters. The van der Waals surface area contributed by atoms with Crippen LogP contribution in [0.2, 0.25) is 0 Å². The first-order valence-corrected chi connectivity index (χ1v) is 10.6. The molecule has 0 saturated carbocycles. The van der Waals surface area contributed by atoms with Gasteiger partial charge >= 0.3 is 6.09 Å². The van der Waals surface area contributed by atoms with Gasteiger partial charge in [0.1, 0.15) is 5.60 Å². The molecule has 0 N–H and O–H groups in total. The van der Waals surface area contributed by atoms with E-state index in [2.05, 4.69) is 43.2 Å². The molecule has 0 radical (unpaired) electrons. The van der Waals surface area contributed by atoms with E-state index >= 15 is 0 Å². The third-order valence-electron chi connectivity index (χ3n) is 5.58. The number of hydrogen-bond donors (Lipinski definition) is 0. The number of carbonyl (C=O) groups is 1. The van der Waals surface area contributed by atoms with Gasteiger partial charge in [0, 0.05) is 30.6 Å². The van der Waals surface area contributed by atoms with E-state index in [1.54, 1.807) is 0 Å².